The molecule has 37 heavy (non-hydrogen) atoms. The van der Waals surface area contributed by atoms with E-state index >= 15 is 0 Å². The van der Waals surface area contributed by atoms with E-state index < -0.39 is 11.7 Å². The summed E-state index contributed by atoms with van der Waals surface area (Å²) in [5.41, 5.74) is 1.81. The maximum Gasteiger partial charge on any atom is 0.276 e. The second-order valence-electron chi connectivity index (χ2n) is 9.14. The summed E-state index contributed by atoms with van der Waals surface area (Å²) in [6.07, 6.45) is 2.29. The number of hydrogen-bond acceptors (Lipinski definition) is 6. The Labute approximate surface area is 215 Å². The van der Waals surface area contributed by atoms with Crippen molar-refractivity contribution in [2.24, 2.45) is 0 Å². The van der Waals surface area contributed by atoms with Gasteiger partial charge in [0.15, 0.2) is 11.5 Å². The van der Waals surface area contributed by atoms with Crippen LogP contribution in [0.15, 0.2) is 54.9 Å². The summed E-state index contributed by atoms with van der Waals surface area (Å²) >= 11 is 0. The molecule has 0 radical (unpaired) electrons. The molecule has 2 heterocycles. The number of hydrogen-bond donors (Lipinski definition) is 3. The van der Waals surface area contributed by atoms with Gasteiger partial charge in [-0.05, 0) is 62.0 Å². The molecule has 0 saturated carbocycles. The van der Waals surface area contributed by atoms with Crippen LogP contribution < -0.4 is 10.6 Å². The number of likely N-dealkylation sites (N-methyl/N-ethyl adjacent to an activating group) is 1. The van der Waals surface area contributed by atoms with Crippen molar-refractivity contribution >= 4 is 23.3 Å². The predicted octanol–water partition coefficient (Wildman–Crippen LogP) is 2.59. The lowest BCUT2D eigenvalue weighted by atomic mass is 10.0. The Kier molecular flexibility index (Phi) is 8.76. The second kappa shape index (κ2) is 12.4. The number of imidazole rings is 1. The van der Waals surface area contributed by atoms with Crippen molar-refractivity contribution in [2.75, 3.05) is 51.6 Å². The molecule has 0 atom stereocenters. The van der Waals surface area contributed by atoms with Crippen LogP contribution in [0, 0.1) is 5.82 Å². The van der Waals surface area contributed by atoms with Crippen LogP contribution in [0.1, 0.15) is 43.3 Å². The average molecular weight is 507 g/mol. The number of rotatable bonds is 10. The number of ketones is 1. The number of carbonyl (C=O) groups excluding carboxylic acids is 3. The topological polar surface area (TPSA) is 110 Å². The number of nitrogens with one attached hydrogen (secondary N) is 3. The minimum absolute atomic E-state index is 0.00660. The lowest BCUT2D eigenvalue weighted by Gasteiger charge is -2.32. The Bertz CT molecular complexity index is 1220. The van der Waals surface area contributed by atoms with Crippen molar-refractivity contribution in [1.82, 2.24) is 25.1 Å². The Morgan fingerprint density at radius 3 is 2.38 bits per heavy atom. The van der Waals surface area contributed by atoms with Gasteiger partial charge >= 0.3 is 0 Å². The summed E-state index contributed by atoms with van der Waals surface area (Å²) < 4.78 is 13.1. The fourth-order valence-corrected chi connectivity index (χ4v) is 4.12. The van der Waals surface area contributed by atoms with E-state index in [2.05, 4.69) is 37.4 Å². The van der Waals surface area contributed by atoms with Crippen molar-refractivity contribution in [3.05, 3.63) is 83.2 Å². The summed E-state index contributed by atoms with van der Waals surface area (Å²) in [6, 6.07) is 12.2. The summed E-state index contributed by atoms with van der Waals surface area (Å²) in [6.45, 7) is 5.58. The number of Topliss-reactive ketones (excluding diaryl/α,β-unsaturated/α-hetero) is 1. The van der Waals surface area contributed by atoms with Gasteiger partial charge in [0.2, 0.25) is 0 Å². The van der Waals surface area contributed by atoms with Gasteiger partial charge in [-0.2, -0.15) is 0 Å². The van der Waals surface area contributed by atoms with Crippen molar-refractivity contribution in [1.29, 1.82) is 0 Å². The van der Waals surface area contributed by atoms with E-state index in [4.69, 9.17) is 0 Å². The number of nitrogens with zero attached hydrogens (tertiary/aromatic N) is 3. The first-order valence-electron chi connectivity index (χ1n) is 12.3. The van der Waals surface area contributed by atoms with Crippen LogP contribution in [0.5, 0.6) is 0 Å². The summed E-state index contributed by atoms with van der Waals surface area (Å²) in [7, 11) is 2.12. The highest BCUT2D eigenvalue weighted by Crippen LogP contribution is 2.15. The number of aromatic amines is 1. The standard InChI is InChI=1S/C27H31FN6O3/c1-33-13-15-34(16-14-33)12-2-11-29-26(36)24-25(31-18-30-24)27(37)32-22-9-3-19(4-10-22)17-23(35)20-5-7-21(28)8-6-20/h3-10,18H,2,11-17H2,1H3,(H,29,36)(H,30,31)(H,32,37). The molecule has 3 aromatic rings. The second-order valence-corrected chi connectivity index (χ2v) is 9.14. The lowest BCUT2D eigenvalue weighted by molar-refractivity contribution is 0.0931. The first-order valence-corrected chi connectivity index (χ1v) is 12.3. The third-order valence-electron chi connectivity index (χ3n) is 6.36. The minimum Gasteiger partial charge on any atom is -0.351 e. The Morgan fingerprint density at radius 1 is 0.973 bits per heavy atom. The van der Waals surface area contributed by atoms with Crippen LogP contribution in [-0.2, 0) is 6.42 Å². The number of H-pyrrole nitrogens is 1. The maximum absolute atomic E-state index is 13.1. The molecule has 0 spiro atoms. The number of carbonyl (C=O) groups is 3. The molecule has 1 aromatic heterocycles. The fourth-order valence-electron chi connectivity index (χ4n) is 4.12. The zero-order valence-electron chi connectivity index (χ0n) is 20.8. The smallest absolute Gasteiger partial charge is 0.276 e. The molecule has 0 bridgehead atoms. The van der Waals surface area contributed by atoms with Crippen LogP contribution in [0.3, 0.4) is 0 Å². The van der Waals surface area contributed by atoms with E-state index in [9.17, 15) is 18.8 Å². The molecule has 0 aliphatic carbocycles. The van der Waals surface area contributed by atoms with Crippen LogP contribution in [0.4, 0.5) is 10.1 Å². The zero-order chi connectivity index (χ0) is 26.2. The van der Waals surface area contributed by atoms with Crippen molar-refractivity contribution in [2.45, 2.75) is 12.8 Å². The van der Waals surface area contributed by atoms with E-state index in [1.807, 2.05) is 0 Å². The number of amides is 2. The van der Waals surface area contributed by atoms with Gasteiger partial charge in [0.1, 0.15) is 11.5 Å². The Morgan fingerprint density at radius 2 is 1.68 bits per heavy atom. The highest BCUT2D eigenvalue weighted by molar-refractivity contribution is 6.10. The quantitative estimate of drug-likeness (QED) is 0.288. The maximum atomic E-state index is 13.1. The summed E-state index contributed by atoms with van der Waals surface area (Å²) in [5.74, 6) is -1.42. The molecule has 194 valence electrons. The van der Waals surface area contributed by atoms with Crippen LogP contribution >= 0.6 is 0 Å². The van der Waals surface area contributed by atoms with Gasteiger partial charge in [-0.15, -0.1) is 0 Å². The predicted molar refractivity (Wildman–Crippen MR) is 138 cm³/mol. The van der Waals surface area contributed by atoms with Crippen LogP contribution in [0.25, 0.3) is 0 Å². The third kappa shape index (κ3) is 7.31. The minimum atomic E-state index is -0.515. The monoisotopic (exact) mass is 506 g/mol. The average Bonchev–Trinajstić information content (AvgIpc) is 3.39. The molecule has 3 N–H and O–H groups in total. The zero-order valence-corrected chi connectivity index (χ0v) is 20.8. The molecule has 2 aromatic carbocycles. The van der Waals surface area contributed by atoms with Crippen LogP contribution in [-0.4, -0.2) is 83.7 Å². The molecule has 1 saturated heterocycles. The van der Waals surface area contributed by atoms with Gasteiger partial charge in [-0.25, -0.2) is 9.37 Å². The van der Waals surface area contributed by atoms with Gasteiger partial charge < -0.3 is 25.4 Å². The fraction of sp³-hybridized carbons (Fsp3) is 0.333. The van der Waals surface area contributed by atoms with Gasteiger partial charge in [0.05, 0.1) is 6.33 Å². The molecular formula is C27H31FN6O3. The number of piperazine rings is 1. The van der Waals surface area contributed by atoms with Crippen LogP contribution in [0.2, 0.25) is 0 Å². The molecule has 1 aliphatic rings. The van der Waals surface area contributed by atoms with Crippen molar-refractivity contribution in [3.8, 4) is 0 Å². The SMILES string of the molecule is CN1CCN(CCCNC(=O)c2[nH]cnc2C(=O)Nc2ccc(CC(=O)c3ccc(F)cc3)cc2)CC1. The molecule has 1 aliphatic heterocycles. The van der Waals surface area contributed by atoms with E-state index in [0.29, 0.717) is 17.8 Å². The summed E-state index contributed by atoms with van der Waals surface area (Å²) in [4.78, 5) is 49.2. The van der Waals surface area contributed by atoms with Gasteiger partial charge in [-0.3, -0.25) is 14.4 Å². The molecule has 4 rings (SSSR count). The van der Waals surface area contributed by atoms with E-state index in [1.165, 1.54) is 30.6 Å². The highest BCUT2D eigenvalue weighted by Gasteiger charge is 2.21. The summed E-state index contributed by atoms with van der Waals surface area (Å²) in [5, 5.41) is 5.59. The molecule has 0 unspecified atom stereocenters. The van der Waals surface area contributed by atoms with E-state index in [-0.39, 0.29) is 29.5 Å². The van der Waals surface area contributed by atoms with Gasteiger partial charge in [0.25, 0.3) is 11.8 Å². The molecule has 1 fully saturated rings. The molecule has 9 nitrogen and oxygen atoms in total. The first-order chi connectivity index (χ1) is 17.9. The molecule has 10 heteroatoms. The number of benzene rings is 2. The van der Waals surface area contributed by atoms with Crippen molar-refractivity contribution < 1.29 is 18.8 Å². The van der Waals surface area contributed by atoms with Gasteiger partial charge in [0, 0.05) is 50.4 Å². The molecular weight excluding hydrogens is 475 g/mol. The van der Waals surface area contributed by atoms with Crippen molar-refractivity contribution in [3.63, 3.8) is 0 Å². The number of halogens is 1. The molecule has 2 amide bonds. The Hall–Kier alpha value is -3.89. The highest BCUT2D eigenvalue weighted by atomic mass is 19.1. The third-order valence-corrected chi connectivity index (χ3v) is 6.36. The lowest BCUT2D eigenvalue weighted by Crippen LogP contribution is -2.45. The Balaban J connectivity index is 1.26. The van der Waals surface area contributed by atoms with Gasteiger partial charge in [-0.1, -0.05) is 12.1 Å². The van der Waals surface area contributed by atoms with E-state index in [1.54, 1.807) is 24.3 Å². The number of aromatic nitrogens is 2. The number of anilines is 1. The first kappa shape index (κ1) is 26.2. The normalized spacial score (nSPS) is 14.3. The largest absolute Gasteiger partial charge is 0.351 e. The van der Waals surface area contributed by atoms with E-state index in [0.717, 1.165) is 44.7 Å².